The Morgan fingerprint density at radius 1 is 1.47 bits per heavy atom. The van der Waals surface area contributed by atoms with Gasteiger partial charge in [0.2, 0.25) is 0 Å². The quantitative estimate of drug-likeness (QED) is 0.890. The van der Waals surface area contributed by atoms with Gasteiger partial charge in [0.05, 0.1) is 5.69 Å². The molecular weight excluding hydrogens is 244 g/mol. The molecule has 100 valence electrons. The standard InChI is InChI=1S/C13H16N4O2/c1-3-9(2)8-17-12(10-6-4-5-7-14-10)11(13(18)19)15-16-17/h4-7,9H,3,8H2,1-2H3,(H,18,19). The van der Waals surface area contributed by atoms with E-state index >= 15 is 0 Å². The van der Waals surface area contributed by atoms with Crippen molar-refractivity contribution in [2.45, 2.75) is 26.8 Å². The van der Waals surface area contributed by atoms with Crippen LogP contribution in [0.2, 0.25) is 0 Å². The maximum absolute atomic E-state index is 11.2. The lowest BCUT2D eigenvalue weighted by molar-refractivity contribution is 0.0691. The zero-order valence-corrected chi connectivity index (χ0v) is 10.9. The van der Waals surface area contributed by atoms with Crippen LogP contribution in [-0.2, 0) is 6.54 Å². The average molecular weight is 260 g/mol. The second kappa shape index (κ2) is 5.60. The van der Waals surface area contributed by atoms with Crippen molar-refractivity contribution in [3.05, 3.63) is 30.1 Å². The zero-order chi connectivity index (χ0) is 13.8. The third-order valence-electron chi connectivity index (χ3n) is 3.03. The van der Waals surface area contributed by atoms with Crippen LogP contribution in [-0.4, -0.2) is 31.1 Å². The number of aromatic nitrogens is 4. The summed E-state index contributed by atoms with van der Waals surface area (Å²) in [6.07, 6.45) is 2.62. The number of carboxylic acids is 1. The van der Waals surface area contributed by atoms with Crippen molar-refractivity contribution in [1.29, 1.82) is 0 Å². The minimum atomic E-state index is -1.09. The summed E-state index contributed by atoms with van der Waals surface area (Å²) in [7, 11) is 0. The van der Waals surface area contributed by atoms with Gasteiger partial charge in [-0.05, 0) is 18.1 Å². The van der Waals surface area contributed by atoms with Crippen LogP contribution in [0.4, 0.5) is 0 Å². The van der Waals surface area contributed by atoms with E-state index in [0.29, 0.717) is 23.9 Å². The Balaban J connectivity index is 2.48. The predicted molar refractivity (Wildman–Crippen MR) is 69.7 cm³/mol. The average Bonchev–Trinajstić information content (AvgIpc) is 2.83. The Kier molecular flexibility index (Phi) is 3.89. The highest BCUT2D eigenvalue weighted by Crippen LogP contribution is 2.21. The second-order valence-corrected chi connectivity index (χ2v) is 4.50. The van der Waals surface area contributed by atoms with Crippen LogP contribution in [0.15, 0.2) is 24.4 Å². The van der Waals surface area contributed by atoms with Crippen molar-refractivity contribution in [2.75, 3.05) is 0 Å². The Morgan fingerprint density at radius 2 is 2.26 bits per heavy atom. The molecule has 2 aromatic rings. The minimum Gasteiger partial charge on any atom is -0.476 e. The third-order valence-corrected chi connectivity index (χ3v) is 3.03. The minimum absolute atomic E-state index is 0.0537. The van der Waals surface area contributed by atoms with Gasteiger partial charge in [-0.3, -0.25) is 4.98 Å². The summed E-state index contributed by atoms with van der Waals surface area (Å²) in [5.74, 6) is -0.693. The first-order valence-corrected chi connectivity index (χ1v) is 6.21. The molecule has 6 heteroatoms. The molecule has 2 heterocycles. The van der Waals surface area contributed by atoms with Gasteiger partial charge >= 0.3 is 5.97 Å². The van der Waals surface area contributed by atoms with Crippen molar-refractivity contribution in [2.24, 2.45) is 5.92 Å². The van der Waals surface area contributed by atoms with Crippen molar-refractivity contribution >= 4 is 5.97 Å². The number of hydrogen-bond acceptors (Lipinski definition) is 4. The third kappa shape index (κ3) is 2.78. The van der Waals surface area contributed by atoms with Crippen LogP contribution in [0.5, 0.6) is 0 Å². The number of nitrogens with zero attached hydrogens (tertiary/aromatic N) is 4. The van der Waals surface area contributed by atoms with Crippen molar-refractivity contribution < 1.29 is 9.90 Å². The van der Waals surface area contributed by atoms with E-state index in [-0.39, 0.29) is 5.69 Å². The number of pyridine rings is 1. The normalized spacial score (nSPS) is 12.3. The van der Waals surface area contributed by atoms with E-state index in [1.54, 1.807) is 23.0 Å². The molecule has 0 aliphatic rings. The van der Waals surface area contributed by atoms with Gasteiger partial charge < -0.3 is 5.11 Å². The van der Waals surface area contributed by atoms with Gasteiger partial charge in [-0.1, -0.05) is 31.5 Å². The van der Waals surface area contributed by atoms with E-state index in [9.17, 15) is 9.90 Å². The van der Waals surface area contributed by atoms with Crippen molar-refractivity contribution in [3.8, 4) is 11.4 Å². The van der Waals surface area contributed by atoms with Gasteiger partial charge in [0.1, 0.15) is 5.69 Å². The van der Waals surface area contributed by atoms with Gasteiger partial charge in [0, 0.05) is 12.7 Å². The highest BCUT2D eigenvalue weighted by molar-refractivity contribution is 5.92. The van der Waals surface area contributed by atoms with E-state index in [1.165, 1.54) is 0 Å². The maximum atomic E-state index is 11.2. The molecule has 0 spiro atoms. The fourth-order valence-corrected chi connectivity index (χ4v) is 1.77. The fourth-order valence-electron chi connectivity index (χ4n) is 1.77. The van der Waals surface area contributed by atoms with E-state index in [2.05, 4.69) is 29.1 Å². The van der Waals surface area contributed by atoms with E-state index in [0.717, 1.165) is 6.42 Å². The molecule has 1 atom stereocenters. The second-order valence-electron chi connectivity index (χ2n) is 4.50. The van der Waals surface area contributed by atoms with Crippen LogP contribution in [0.3, 0.4) is 0 Å². The van der Waals surface area contributed by atoms with Crippen LogP contribution in [0.1, 0.15) is 30.8 Å². The predicted octanol–water partition coefficient (Wildman–Crippen LogP) is 2.08. The molecule has 0 saturated heterocycles. The number of rotatable bonds is 5. The fraction of sp³-hybridized carbons (Fsp3) is 0.385. The molecule has 6 nitrogen and oxygen atoms in total. The number of carboxylic acid groups (broad SMARTS) is 1. The molecule has 0 bridgehead atoms. The first-order chi connectivity index (χ1) is 9.13. The SMILES string of the molecule is CCC(C)Cn1nnc(C(=O)O)c1-c1ccccn1. The molecule has 19 heavy (non-hydrogen) atoms. The molecule has 0 amide bonds. The molecular formula is C13H16N4O2. The molecule has 0 aliphatic carbocycles. The topological polar surface area (TPSA) is 80.9 Å². The van der Waals surface area contributed by atoms with Crippen LogP contribution in [0, 0.1) is 5.92 Å². The van der Waals surface area contributed by atoms with E-state index < -0.39 is 5.97 Å². The van der Waals surface area contributed by atoms with Crippen LogP contribution in [0.25, 0.3) is 11.4 Å². The van der Waals surface area contributed by atoms with Gasteiger partial charge in [-0.15, -0.1) is 5.10 Å². The van der Waals surface area contributed by atoms with E-state index in [1.807, 2.05) is 6.07 Å². The molecule has 1 unspecified atom stereocenters. The lowest BCUT2D eigenvalue weighted by Crippen LogP contribution is -2.11. The zero-order valence-electron chi connectivity index (χ0n) is 10.9. The number of hydrogen-bond donors (Lipinski definition) is 1. The smallest absolute Gasteiger partial charge is 0.358 e. The highest BCUT2D eigenvalue weighted by Gasteiger charge is 2.21. The maximum Gasteiger partial charge on any atom is 0.358 e. The summed E-state index contributed by atoms with van der Waals surface area (Å²) in [4.78, 5) is 15.4. The molecule has 0 aromatic carbocycles. The van der Waals surface area contributed by atoms with Crippen LogP contribution >= 0.6 is 0 Å². The van der Waals surface area contributed by atoms with Gasteiger partial charge in [0.25, 0.3) is 0 Å². The highest BCUT2D eigenvalue weighted by atomic mass is 16.4. The van der Waals surface area contributed by atoms with Gasteiger partial charge in [-0.25, -0.2) is 9.48 Å². The Morgan fingerprint density at radius 3 is 2.84 bits per heavy atom. The largest absolute Gasteiger partial charge is 0.476 e. The molecule has 0 fully saturated rings. The summed E-state index contributed by atoms with van der Waals surface area (Å²) in [5.41, 5.74) is 0.989. The monoisotopic (exact) mass is 260 g/mol. The Bertz CT molecular complexity index is 565. The van der Waals surface area contributed by atoms with E-state index in [4.69, 9.17) is 0 Å². The first kappa shape index (κ1) is 13.2. The van der Waals surface area contributed by atoms with Crippen molar-refractivity contribution in [1.82, 2.24) is 20.0 Å². The van der Waals surface area contributed by atoms with Gasteiger partial charge in [-0.2, -0.15) is 0 Å². The summed E-state index contributed by atoms with van der Waals surface area (Å²) < 4.78 is 1.62. The summed E-state index contributed by atoms with van der Waals surface area (Å²) in [6, 6.07) is 5.36. The van der Waals surface area contributed by atoms with Crippen LogP contribution < -0.4 is 0 Å². The lowest BCUT2D eigenvalue weighted by Gasteiger charge is -2.10. The molecule has 0 aliphatic heterocycles. The summed E-state index contributed by atoms with van der Waals surface area (Å²) >= 11 is 0. The summed E-state index contributed by atoms with van der Waals surface area (Å²) in [6.45, 7) is 4.80. The van der Waals surface area contributed by atoms with Crippen molar-refractivity contribution in [3.63, 3.8) is 0 Å². The molecule has 2 rings (SSSR count). The molecule has 0 saturated carbocycles. The number of aromatic carboxylic acids is 1. The molecule has 0 radical (unpaired) electrons. The number of carbonyl (C=O) groups is 1. The Hall–Kier alpha value is -2.24. The Labute approximate surface area is 111 Å². The molecule has 2 aromatic heterocycles. The first-order valence-electron chi connectivity index (χ1n) is 6.21. The summed E-state index contributed by atoms with van der Waals surface area (Å²) in [5, 5.41) is 16.9. The molecule has 1 N–H and O–H groups in total. The van der Waals surface area contributed by atoms with Gasteiger partial charge in [0.15, 0.2) is 5.69 Å². The lowest BCUT2D eigenvalue weighted by atomic mass is 10.1.